The molecule has 29 heavy (non-hydrogen) atoms. The Bertz CT molecular complexity index is 1140. The monoisotopic (exact) mass is 391 g/mol. The SMILES string of the molecule is COc1ccc(-c2cn3ccccc3n2)cc1NC(=O)COc1ccccc1F. The number of methoxy groups -OCH3 is 1. The molecule has 0 fully saturated rings. The van der Waals surface area contributed by atoms with Gasteiger partial charge in [-0.3, -0.25) is 4.79 Å². The molecule has 1 amide bonds. The molecule has 7 heteroatoms. The number of fused-ring (bicyclic) bond motifs is 1. The largest absolute Gasteiger partial charge is 0.495 e. The van der Waals surface area contributed by atoms with Gasteiger partial charge in [0.15, 0.2) is 18.2 Å². The summed E-state index contributed by atoms with van der Waals surface area (Å²) in [5, 5.41) is 2.75. The Balaban J connectivity index is 1.53. The van der Waals surface area contributed by atoms with Crippen LogP contribution in [0.1, 0.15) is 0 Å². The fourth-order valence-corrected chi connectivity index (χ4v) is 2.93. The summed E-state index contributed by atoms with van der Waals surface area (Å²) >= 11 is 0. The number of hydrogen-bond acceptors (Lipinski definition) is 4. The summed E-state index contributed by atoms with van der Waals surface area (Å²) in [5.41, 5.74) is 2.88. The van der Waals surface area contributed by atoms with E-state index in [1.807, 2.05) is 41.1 Å². The van der Waals surface area contributed by atoms with Gasteiger partial charge in [-0.15, -0.1) is 0 Å². The first-order chi connectivity index (χ1) is 14.1. The summed E-state index contributed by atoms with van der Waals surface area (Å²) in [6, 6.07) is 17.1. The van der Waals surface area contributed by atoms with Gasteiger partial charge in [-0.1, -0.05) is 18.2 Å². The van der Waals surface area contributed by atoms with E-state index in [4.69, 9.17) is 9.47 Å². The van der Waals surface area contributed by atoms with E-state index < -0.39 is 11.7 Å². The summed E-state index contributed by atoms with van der Waals surface area (Å²) in [4.78, 5) is 16.9. The molecule has 0 spiro atoms. The minimum Gasteiger partial charge on any atom is -0.495 e. The number of imidazole rings is 1. The normalized spacial score (nSPS) is 10.7. The number of nitrogens with one attached hydrogen (secondary N) is 1. The molecule has 6 nitrogen and oxygen atoms in total. The Labute approximate surface area is 166 Å². The van der Waals surface area contributed by atoms with Crippen LogP contribution in [0.15, 0.2) is 73.1 Å². The number of hydrogen-bond donors (Lipinski definition) is 1. The minimum absolute atomic E-state index is 0.0214. The van der Waals surface area contributed by atoms with E-state index in [1.54, 1.807) is 24.3 Å². The third-order valence-electron chi connectivity index (χ3n) is 4.33. The molecule has 2 heterocycles. The number of aromatic nitrogens is 2. The van der Waals surface area contributed by atoms with Crippen molar-refractivity contribution < 1.29 is 18.7 Å². The van der Waals surface area contributed by atoms with Crippen LogP contribution in [0.2, 0.25) is 0 Å². The van der Waals surface area contributed by atoms with Gasteiger partial charge in [0.25, 0.3) is 5.91 Å². The third kappa shape index (κ3) is 4.03. The fraction of sp³-hybridized carbons (Fsp3) is 0.0909. The van der Waals surface area contributed by atoms with E-state index in [0.29, 0.717) is 11.4 Å². The zero-order valence-corrected chi connectivity index (χ0v) is 15.6. The number of rotatable bonds is 6. The van der Waals surface area contributed by atoms with Crippen LogP contribution in [0.4, 0.5) is 10.1 Å². The van der Waals surface area contributed by atoms with Gasteiger partial charge in [0, 0.05) is 18.0 Å². The highest BCUT2D eigenvalue weighted by molar-refractivity contribution is 5.94. The van der Waals surface area contributed by atoms with E-state index in [0.717, 1.165) is 16.9 Å². The Morgan fingerprint density at radius 1 is 1.10 bits per heavy atom. The second-order valence-electron chi connectivity index (χ2n) is 6.27. The predicted molar refractivity (Wildman–Crippen MR) is 108 cm³/mol. The predicted octanol–water partition coefficient (Wildman–Crippen LogP) is 4.17. The summed E-state index contributed by atoms with van der Waals surface area (Å²) in [6.45, 7) is -0.331. The minimum atomic E-state index is -0.522. The van der Waals surface area contributed by atoms with Crippen molar-refractivity contribution in [1.82, 2.24) is 9.38 Å². The Morgan fingerprint density at radius 2 is 1.93 bits per heavy atom. The van der Waals surface area contributed by atoms with Gasteiger partial charge in [-0.2, -0.15) is 0 Å². The van der Waals surface area contributed by atoms with Crippen LogP contribution in [0.3, 0.4) is 0 Å². The van der Waals surface area contributed by atoms with Gasteiger partial charge in [-0.05, 0) is 42.5 Å². The van der Waals surface area contributed by atoms with Crippen LogP contribution in [0, 0.1) is 5.82 Å². The molecular weight excluding hydrogens is 373 g/mol. The topological polar surface area (TPSA) is 64.9 Å². The molecule has 0 radical (unpaired) electrons. The summed E-state index contributed by atoms with van der Waals surface area (Å²) in [5.74, 6) is -0.435. The van der Waals surface area contributed by atoms with E-state index in [9.17, 15) is 9.18 Å². The van der Waals surface area contributed by atoms with Gasteiger partial charge in [0.1, 0.15) is 11.4 Å². The molecule has 1 N–H and O–H groups in total. The molecule has 2 aromatic heterocycles. The van der Waals surface area contributed by atoms with Gasteiger partial charge in [-0.25, -0.2) is 9.37 Å². The molecule has 0 aliphatic rings. The van der Waals surface area contributed by atoms with Gasteiger partial charge in [0.2, 0.25) is 0 Å². The lowest BCUT2D eigenvalue weighted by Crippen LogP contribution is -2.20. The number of amides is 1. The average molecular weight is 391 g/mol. The van der Waals surface area contributed by atoms with Crippen molar-refractivity contribution in [2.75, 3.05) is 19.0 Å². The molecule has 0 unspecified atom stereocenters. The molecule has 0 aliphatic heterocycles. The Hall–Kier alpha value is -3.87. The maximum atomic E-state index is 13.6. The smallest absolute Gasteiger partial charge is 0.262 e. The molecule has 0 aliphatic carbocycles. The third-order valence-corrected chi connectivity index (χ3v) is 4.33. The maximum Gasteiger partial charge on any atom is 0.262 e. The highest BCUT2D eigenvalue weighted by Crippen LogP contribution is 2.30. The van der Waals surface area contributed by atoms with Crippen LogP contribution >= 0.6 is 0 Å². The van der Waals surface area contributed by atoms with Gasteiger partial charge >= 0.3 is 0 Å². The van der Waals surface area contributed by atoms with Crippen molar-refractivity contribution in [3.63, 3.8) is 0 Å². The van der Waals surface area contributed by atoms with E-state index in [-0.39, 0.29) is 12.4 Å². The zero-order valence-electron chi connectivity index (χ0n) is 15.6. The second kappa shape index (κ2) is 8.02. The van der Waals surface area contributed by atoms with Crippen molar-refractivity contribution in [2.45, 2.75) is 0 Å². The molecular formula is C22H18FN3O3. The second-order valence-corrected chi connectivity index (χ2v) is 6.27. The highest BCUT2D eigenvalue weighted by atomic mass is 19.1. The molecule has 4 rings (SSSR count). The summed E-state index contributed by atoms with van der Waals surface area (Å²) in [6.07, 6.45) is 3.82. The first-order valence-electron chi connectivity index (χ1n) is 8.93. The number of pyridine rings is 1. The number of ether oxygens (including phenoxy) is 2. The number of carbonyl (C=O) groups is 1. The lowest BCUT2D eigenvalue weighted by atomic mass is 10.1. The van der Waals surface area contributed by atoms with Crippen LogP contribution in [0.5, 0.6) is 11.5 Å². The number of carbonyl (C=O) groups excluding carboxylic acids is 1. The highest BCUT2D eigenvalue weighted by Gasteiger charge is 2.13. The number of anilines is 1. The Kier molecular flexibility index (Phi) is 5.11. The lowest BCUT2D eigenvalue weighted by Gasteiger charge is -2.12. The molecule has 0 saturated carbocycles. The van der Waals surface area contributed by atoms with Crippen molar-refractivity contribution in [3.8, 4) is 22.8 Å². The van der Waals surface area contributed by atoms with Crippen molar-refractivity contribution in [1.29, 1.82) is 0 Å². The quantitative estimate of drug-likeness (QED) is 0.536. The molecule has 146 valence electrons. The molecule has 0 bridgehead atoms. The van der Waals surface area contributed by atoms with Crippen LogP contribution in [0.25, 0.3) is 16.9 Å². The van der Waals surface area contributed by atoms with Gasteiger partial charge < -0.3 is 19.2 Å². The molecule has 2 aromatic carbocycles. The van der Waals surface area contributed by atoms with Gasteiger partial charge in [0.05, 0.1) is 18.5 Å². The van der Waals surface area contributed by atoms with Crippen LogP contribution in [-0.2, 0) is 4.79 Å². The lowest BCUT2D eigenvalue weighted by molar-refractivity contribution is -0.118. The maximum absolute atomic E-state index is 13.6. The number of nitrogens with zero attached hydrogens (tertiary/aromatic N) is 2. The van der Waals surface area contributed by atoms with Crippen molar-refractivity contribution >= 4 is 17.2 Å². The number of benzene rings is 2. The number of para-hydroxylation sites is 1. The zero-order chi connectivity index (χ0) is 20.2. The molecule has 4 aromatic rings. The average Bonchev–Trinajstić information content (AvgIpc) is 3.17. The fourth-order valence-electron chi connectivity index (χ4n) is 2.93. The van der Waals surface area contributed by atoms with Crippen molar-refractivity contribution in [2.24, 2.45) is 0 Å². The van der Waals surface area contributed by atoms with Crippen LogP contribution < -0.4 is 14.8 Å². The molecule has 0 saturated heterocycles. The first kappa shape index (κ1) is 18.5. The number of halogens is 1. The molecule has 0 atom stereocenters. The first-order valence-corrected chi connectivity index (χ1v) is 8.93. The van der Waals surface area contributed by atoms with Crippen molar-refractivity contribution in [3.05, 3.63) is 78.9 Å². The van der Waals surface area contributed by atoms with E-state index >= 15 is 0 Å². The van der Waals surface area contributed by atoms with E-state index in [1.165, 1.54) is 19.2 Å². The summed E-state index contributed by atoms with van der Waals surface area (Å²) < 4.78 is 26.1. The summed E-state index contributed by atoms with van der Waals surface area (Å²) in [7, 11) is 1.52. The van der Waals surface area contributed by atoms with Crippen LogP contribution in [-0.4, -0.2) is 29.0 Å². The van der Waals surface area contributed by atoms with E-state index in [2.05, 4.69) is 10.3 Å². The Morgan fingerprint density at radius 3 is 2.72 bits per heavy atom. The standard InChI is InChI=1S/C22H18FN3O3/c1-28-20-10-9-15(18-13-26-11-5-4-8-21(26)24-18)12-17(20)25-22(27)14-29-19-7-3-2-6-16(19)23/h2-13H,14H2,1H3,(H,25,27).